The van der Waals surface area contributed by atoms with Crippen molar-refractivity contribution in [3.8, 4) is 23.0 Å². The second-order valence-electron chi connectivity index (χ2n) is 18.0. The van der Waals surface area contributed by atoms with Gasteiger partial charge in [0.1, 0.15) is 0 Å². The molecule has 22 heteroatoms. The van der Waals surface area contributed by atoms with E-state index in [1.165, 1.54) is 39.3 Å². The molecule has 1 fully saturated rings. The van der Waals surface area contributed by atoms with Crippen molar-refractivity contribution in [3.05, 3.63) is 71.8 Å². The molecule has 398 valence electrons. The van der Waals surface area contributed by atoms with E-state index in [0.717, 1.165) is 46.9 Å². The number of nitrogens with zero attached hydrogens (tertiary/aromatic N) is 4. The van der Waals surface area contributed by atoms with Gasteiger partial charge in [-0.3, -0.25) is 18.7 Å². The number of methoxy groups -OCH3 is 2. The topological polar surface area (TPSA) is 251 Å². The van der Waals surface area contributed by atoms with E-state index >= 15 is 0 Å². The van der Waals surface area contributed by atoms with Gasteiger partial charge in [-0.25, -0.2) is 9.59 Å². The Labute approximate surface area is 420 Å². The highest BCUT2D eigenvalue weighted by Crippen LogP contribution is 2.31. The van der Waals surface area contributed by atoms with Gasteiger partial charge in [-0.15, -0.1) is 0 Å². The van der Waals surface area contributed by atoms with Gasteiger partial charge >= 0.3 is 32.8 Å². The first-order valence-corrected chi connectivity index (χ1v) is 26.9. The van der Waals surface area contributed by atoms with Crippen LogP contribution in [0.3, 0.4) is 0 Å². The Morgan fingerprint density at radius 3 is 1.80 bits per heavy atom. The van der Waals surface area contributed by atoms with Crippen molar-refractivity contribution in [2.24, 2.45) is 11.8 Å². The predicted octanol–water partition coefficient (Wildman–Crippen LogP) is 7.18. The van der Waals surface area contributed by atoms with Crippen LogP contribution in [0.1, 0.15) is 109 Å². The van der Waals surface area contributed by atoms with Gasteiger partial charge in [-0.2, -0.15) is 25.4 Å². The Morgan fingerprint density at radius 1 is 0.732 bits per heavy atom. The number of hydrogen-bond acceptors (Lipinski definition) is 12. The van der Waals surface area contributed by atoms with E-state index in [0.29, 0.717) is 73.0 Å². The Bertz CT molecular complexity index is 2310. The van der Waals surface area contributed by atoms with Crippen LogP contribution in [0.4, 0.5) is 9.59 Å². The highest BCUT2D eigenvalue weighted by molar-refractivity contribution is 7.83. The number of likely N-dealkylation sites (N-methyl/N-ethyl adjacent to an activating group) is 2. The molecule has 2 unspecified atom stereocenters. The Kier molecular flexibility index (Phi) is 25.9. The van der Waals surface area contributed by atoms with Gasteiger partial charge in [0.25, 0.3) is 0 Å². The van der Waals surface area contributed by atoms with E-state index in [-0.39, 0.29) is 74.2 Å². The molecule has 4 N–H and O–H groups in total. The quantitative estimate of drug-likeness (QED) is 0.0344. The third-order valence-electron chi connectivity index (χ3n) is 11.8. The fourth-order valence-corrected chi connectivity index (χ4v) is 8.42. The molecule has 4 amide bonds. The number of benzene rings is 2. The van der Waals surface area contributed by atoms with Crippen LogP contribution in [-0.2, 0) is 43.3 Å². The molecule has 0 aliphatic carbocycles. The molecule has 1 heterocycles. The molecular formula is C49H76N6O14S2. The normalized spacial score (nSPS) is 14.8. The maximum absolute atomic E-state index is 13.6. The first kappa shape index (κ1) is 60.0. The first-order valence-electron chi connectivity index (χ1n) is 24.1. The average Bonchev–Trinajstić information content (AvgIpc) is 3.32. The van der Waals surface area contributed by atoms with Gasteiger partial charge in [0.15, 0.2) is 23.0 Å². The molecule has 0 saturated carbocycles. The van der Waals surface area contributed by atoms with E-state index < -0.39 is 38.8 Å². The van der Waals surface area contributed by atoms with Gasteiger partial charge in [0, 0.05) is 78.8 Å². The number of unbranched alkanes of at least 4 members (excludes halogenated alkanes) is 4. The zero-order chi connectivity index (χ0) is 52.6. The summed E-state index contributed by atoms with van der Waals surface area (Å²) in [6.45, 7) is 6.76. The number of nitrogens with one attached hydrogen (secondary N) is 2. The maximum Gasteiger partial charge on any atom is 0.415 e. The number of piperidine rings is 1. The molecule has 1 aliphatic heterocycles. The standard InChI is InChI=1S/C49H76N6O14S2/c1-37(2)18-12-8-10-14-21-46(56)51-35-40-24-26-43(45(33-40)67-7)69-49(59)55-28-17-16-20-41(55)36-54(71(63,64)65)29-27-38(3)19-13-9-11-15-22-47(57)50-34-39-23-25-42(44(32-39)66-6)68-48(58)52(4)30-31-53(5)70(60,61)62/h12-13,18-19,23-26,32-33,37-38,41H,8-11,14-17,20-22,27-31,34-36H2,1-7H3,(H,50,57)(H,51,56)(H,60,61,62)(H,63,64,65)/b18-12+,19-13+. The average molecular weight is 1040 g/mol. The van der Waals surface area contributed by atoms with Gasteiger partial charge in [0.2, 0.25) is 11.8 Å². The Balaban J connectivity index is 1.41. The van der Waals surface area contributed by atoms with Gasteiger partial charge < -0.3 is 39.4 Å². The minimum atomic E-state index is -4.60. The lowest BCUT2D eigenvalue weighted by Gasteiger charge is -2.37. The summed E-state index contributed by atoms with van der Waals surface area (Å²) in [7, 11) is -3.54. The zero-order valence-corrected chi connectivity index (χ0v) is 44.0. The second-order valence-corrected chi connectivity index (χ2v) is 20.9. The van der Waals surface area contributed by atoms with E-state index in [4.69, 9.17) is 23.5 Å². The number of likely N-dealkylation sites (tertiary alicyclic amines) is 1. The van der Waals surface area contributed by atoms with E-state index in [1.807, 2.05) is 19.1 Å². The zero-order valence-electron chi connectivity index (χ0n) is 42.3. The summed E-state index contributed by atoms with van der Waals surface area (Å²) in [4.78, 5) is 53.8. The summed E-state index contributed by atoms with van der Waals surface area (Å²) in [6.07, 6.45) is 14.7. The van der Waals surface area contributed by atoms with Crippen molar-refractivity contribution in [3.63, 3.8) is 0 Å². The summed E-state index contributed by atoms with van der Waals surface area (Å²) < 4.78 is 90.6. The summed E-state index contributed by atoms with van der Waals surface area (Å²) in [5.74, 6) is 1.14. The van der Waals surface area contributed by atoms with Crippen LogP contribution in [0, 0.1) is 11.8 Å². The lowest BCUT2D eigenvalue weighted by Crippen LogP contribution is -2.51. The van der Waals surface area contributed by atoms with Crippen molar-refractivity contribution in [2.75, 3.05) is 61.0 Å². The highest BCUT2D eigenvalue weighted by atomic mass is 32.2. The highest BCUT2D eigenvalue weighted by Gasteiger charge is 2.33. The number of rotatable bonds is 30. The van der Waals surface area contributed by atoms with Gasteiger partial charge in [-0.05, 0) is 111 Å². The molecular weight excluding hydrogens is 961 g/mol. The third kappa shape index (κ3) is 22.8. The molecule has 20 nitrogen and oxygen atoms in total. The molecule has 0 radical (unpaired) electrons. The van der Waals surface area contributed by atoms with Crippen LogP contribution in [-0.4, -0.2) is 135 Å². The van der Waals surface area contributed by atoms with Crippen molar-refractivity contribution in [1.82, 2.24) is 29.0 Å². The summed E-state index contributed by atoms with van der Waals surface area (Å²) in [5.41, 5.74) is 1.47. The first-order chi connectivity index (χ1) is 33.6. The van der Waals surface area contributed by atoms with Crippen molar-refractivity contribution >= 4 is 44.6 Å². The van der Waals surface area contributed by atoms with E-state index in [1.54, 1.807) is 30.3 Å². The van der Waals surface area contributed by atoms with Crippen LogP contribution in [0.15, 0.2) is 60.7 Å². The minimum Gasteiger partial charge on any atom is -0.493 e. The van der Waals surface area contributed by atoms with Crippen LogP contribution in [0.5, 0.6) is 23.0 Å². The summed E-state index contributed by atoms with van der Waals surface area (Å²) >= 11 is 0. The summed E-state index contributed by atoms with van der Waals surface area (Å²) in [6, 6.07) is 9.33. The second kappa shape index (κ2) is 30.6. The largest absolute Gasteiger partial charge is 0.493 e. The molecule has 0 spiro atoms. The fraction of sp³-hybridized carbons (Fsp3) is 0.592. The van der Waals surface area contributed by atoms with E-state index in [9.17, 15) is 40.6 Å². The van der Waals surface area contributed by atoms with Crippen LogP contribution in [0.25, 0.3) is 0 Å². The predicted molar refractivity (Wildman–Crippen MR) is 270 cm³/mol. The summed E-state index contributed by atoms with van der Waals surface area (Å²) in [5, 5.41) is 5.79. The van der Waals surface area contributed by atoms with Crippen molar-refractivity contribution in [1.29, 1.82) is 0 Å². The number of amides is 4. The van der Waals surface area contributed by atoms with Crippen LogP contribution < -0.4 is 29.6 Å². The molecule has 71 heavy (non-hydrogen) atoms. The van der Waals surface area contributed by atoms with Crippen LogP contribution in [0.2, 0.25) is 0 Å². The third-order valence-corrected chi connectivity index (χ3v) is 13.7. The number of hydrogen-bond donors (Lipinski definition) is 4. The van der Waals surface area contributed by atoms with Crippen LogP contribution >= 0.6 is 0 Å². The SMILES string of the molecule is COc1cc(CNC(=O)CCCC/C=C/C(C)CCN(CC2CCCCN2C(=O)Oc2ccc(CNC(=O)CCCC/C=C/C(C)C)cc2OC)S(=O)(=O)O)ccc1OC(=O)N(C)CCN(C)S(=O)(=O)O. The van der Waals surface area contributed by atoms with Crippen molar-refractivity contribution in [2.45, 2.75) is 117 Å². The number of allylic oxidation sites excluding steroid dienone is 4. The molecule has 1 saturated heterocycles. The van der Waals surface area contributed by atoms with Gasteiger partial charge in [-0.1, -0.05) is 57.2 Å². The molecule has 2 aromatic rings. The minimum absolute atomic E-state index is 0.0302. The number of ether oxygens (including phenoxy) is 4. The molecule has 2 aromatic carbocycles. The molecule has 0 aromatic heterocycles. The molecule has 0 bridgehead atoms. The Hall–Kier alpha value is -5.26. The monoisotopic (exact) mass is 1040 g/mol. The number of carbonyl (C=O) groups is 4. The lowest BCUT2D eigenvalue weighted by atomic mass is 10.0. The number of carbonyl (C=O) groups excluding carboxylic acids is 4. The lowest BCUT2D eigenvalue weighted by molar-refractivity contribution is -0.122. The fourth-order valence-electron chi connectivity index (χ4n) is 7.42. The van der Waals surface area contributed by atoms with Crippen molar-refractivity contribution < 1.29 is 64.1 Å². The maximum atomic E-state index is 13.6. The molecule has 2 atom stereocenters. The van der Waals surface area contributed by atoms with E-state index in [2.05, 4.69) is 36.6 Å². The van der Waals surface area contributed by atoms with Gasteiger partial charge in [0.05, 0.1) is 14.2 Å². The Morgan fingerprint density at radius 2 is 1.28 bits per heavy atom. The molecule has 1 aliphatic rings. The smallest absolute Gasteiger partial charge is 0.415 e. The molecule has 3 rings (SSSR count).